The fourth-order valence-corrected chi connectivity index (χ4v) is 3.99. The molecule has 3 nitrogen and oxygen atoms in total. The zero-order chi connectivity index (χ0) is 16.1. The molecule has 0 saturated heterocycles. The fourth-order valence-electron chi connectivity index (χ4n) is 2.10. The third-order valence-electron chi connectivity index (χ3n) is 3.32. The van der Waals surface area contributed by atoms with Crippen LogP contribution < -0.4 is 5.32 Å². The van der Waals surface area contributed by atoms with Crippen LogP contribution in [0.2, 0.25) is 0 Å². The average molecular weight is 346 g/mol. The molecule has 118 valence electrons. The van der Waals surface area contributed by atoms with Crippen LogP contribution >= 0.6 is 23.5 Å². The van der Waals surface area contributed by atoms with Crippen LogP contribution in [0.15, 0.2) is 53.5 Å². The van der Waals surface area contributed by atoms with E-state index in [4.69, 9.17) is 0 Å². The van der Waals surface area contributed by atoms with Crippen LogP contribution in [0.3, 0.4) is 0 Å². The Morgan fingerprint density at radius 2 is 2.00 bits per heavy atom. The molecule has 1 aliphatic heterocycles. The van der Waals surface area contributed by atoms with Crippen molar-refractivity contribution in [1.29, 1.82) is 0 Å². The largest absolute Gasteiger partial charge is 0.351 e. The first-order chi connectivity index (χ1) is 11.2. The number of benzene rings is 2. The van der Waals surface area contributed by atoms with Gasteiger partial charge in [0, 0.05) is 17.9 Å². The molecular formula is C17H15FN2OS2. The van der Waals surface area contributed by atoms with E-state index in [0.717, 1.165) is 15.8 Å². The van der Waals surface area contributed by atoms with Gasteiger partial charge in [-0.25, -0.2) is 9.38 Å². The number of aliphatic imine (C=N–C) groups is 1. The molecule has 2 aromatic carbocycles. The van der Waals surface area contributed by atoms with Crippen LogP contribution in [0.25, 0.3) is 0 Å². The summed E-state index contributed by atoms with van der Waals surface area (Å²) >= 11 is 3.05. The summed E-state index contributed by atoms with van der Waals surface area (Å²) in [5.74, 6) is 0.728. The fraction of sp³-hybridized carbons (Fsp3) is 0.176. The van der Waals surface area contributed by atoms with E-state index in [-0.39, 0.29) is 24.0 Å². The van der Waals surface area contributed by atoms with Gasteiger partial charge in [-0.15, -0.1) is 0 Å². The van der Waals surface area contributed by atoms with E-state index in [0.29, 0.717) is 5.56 Å². The van der Waals surface area contributed by atoms with Crippen LogP contribution in [0.1, 0.15) is 11.1 Å². The molecule has 0 unspecified atom stereocenters. The number of nitrogens with zero attached hydrogens (tertiary/aromatic N) is 1. The van der Waals surface area contributed by atoms with Crippen molar-refractivity contribution in [3.05, 3.63) is 65.5 Å². The number of amides is 1. The summed E-state index contributed by atoms with van der Waals surface area (Å²) in [5, 5.41) is 2.73. The van der Waals surface area contributed by atoms with Crippen LogP contribution in [-0.2, 0) is 17.1 Å². The highest BCUT2D eigenvalue weighted by Crippen LogP contribution is 2.34. The standard InChI is InChI=1S/C17H15FN2OS2/c18-14-7-3-1-5-12(14)9-19-16(21)11-23-17-20-15-8-4-2-6-13(15)10-22-17/h1-8H,9-11H2,(H,19,21). The van der Waals surface area contributed by atoms with Crippen LogP contribution in [0, 0.1) is 5.82 Å². The Bertz CT molecular complexity index is 749. The number of hydrogen-bond acceptors (Lipinski definition) is 4. The van der Waals surface area contributed by atoms with Gasteiger partial charge in [-0.3, -0.25) is 4.79 Å². The Morgan fingerprint density at radius 3 is 2.87 bits per heavy atom. The SMILES string of the molecule is O=C(CSC1=Nc2ccccc2CS1)NCc1ccccc1F. The lowest BCUT2D eigenvalue weighted by Crippen LogP contribution is -2.25. The second-order valence-corrected chi connectivity index (χ2v) is 7.14. The molecule has 1 heterocycles. The number of nitrogens with one attached hydrogen (secondary N) is 1. The molecular weight excluding hydrogens is 331 g/mol. The number of fused-ring (bicyclic) bond motifs is 1. The Hall–Kier alpha value is -1.79. The highest BCUT2D eigenvalue weighted by molar-refractivity contribution is 8.38. The molecule has 1 amide bonds. The molecule has 0 spiro atoms. The van der Waals surface area contributed by atoms with Gasteiger partial charge in [-0.1, -0.05) is 59.9 Å². The first-order valence-corrected chi connectivity index (χ1v) is 9.12. The molecule has 0 saturated carbocycles. The molecule has 0 atom stereocenters. The van der Waals surface area contributed by atoms with Gasteiger partial charge in [0.05, 0.1) is 11.4 Å². The first-order valence-electron chi connectivity index (χ1n) is 7.14. The van der Waals surface area contributed by atoms with E-state index in [2.05, 4.69) is 16.4 Å². The zero-order valence-electron chi connectivity index (χ0n) is 12.3. The van der Waals surface area contributed by atoms with Gasteiger partial charge >= 0.3 is 0 Å². The van der Waals surface area contributed by atoms with Crippen molar-refractivity contribution in [2.45, 2.75) is 12.3 Å². The van der Waals surface area contributed by atoms with Crippen molar-refractivity contribution in [3.8, 4) is 0 Å². The van der Waals surface area contributed by atoms with Crippen molar-refractivity contribution < 1.29 is 9.18 Å². The molecule has 6 heteroatoms. The molecule has 1 aliphatic rings. The maximum absolute atomic E-state index is 13.5. The van der Waals surface area contributed by atoms with Crippen LogP contribution in [0.4, 0.5) is 10.1 Å². The van der Waals surface area contributed by atoms with Crippen LogP contribution in [0.5, 0.6) is 0 Å². The maximum atomic E-state index is 13.5. The smallest absolute Gasteiger partial charge is 0.230 e. The minimum atomic E-state index is -0.302. The van der Waals surface area contributed by atoms with Gasteiger partial charge in [0.15, 0.2) is 0 Å². The Kier molecular flexibility index (Phi) is 5.35. The average Bonchev–Trinajstić information content (AvgIpc) is 2.59. The highest BCUT2D eigenvalue weighted by atomic mass is 32.2. The van der Waals surface area contributed by atoms with E-state index < -0.39 is 0 Å². The molecule has 23 heavy (non-hydrogen) atoms. The molecule has 0 bridgehead atoms. The summed E-state index contributed by atoms with van der Waals surface area (Å²) in [7, 11) is 0. The van der Waals surface area contributed by atoms with Crippen molar-refractivity contribution in [2.75, 3.05) is 5.75 Å². The molecule has 2 aromatic rings. The molecule has 0 aliphatic carbocycles. The zero-order valence-corrected chi connectivity index (χ0v) is 13.9. The summed E-state index contributed by atoms with van der Waals surface area (Å²) in [5.41, 5.74) is 2.68. The van der Waals surface area contributed by atoms with Gasteiger partial charge in [0.1, 0.15) is 10.2 Å². The van der Waals surface area contributed by atoms with Gasteiger partial charge in [0.25, 0.3) is 0 Å². The van der Waals surface area contributed by atoms with Gasteiger partial charge in [0.2, 0.25) is 5.91 Å². The Balaban J connectivity index is 1.50. The van der Waals surface area contributed by atoms with Gasteiger partial charge < -0.3 is 5.32 Å². The number of rotatable bonds is 4. The van der Waals surface area contributed by atoms with E-state index >= 15 is 0 Å². The molecule has 3 rings (SSSR count). The molecule has 0 radical (unpaired) electrons. The summed E-state index contributed by atoms with van der Waals surface area (Å²) in [6, 6.07) is 14.5. The lowest BCUT2D eigenvalue weighted by atomic mass is 10.2. The van der Waals surface area contributed by atoms with Crippen molar-refractivity contribution in [1.82, 2.24) is 5.32 Å². The highest BCUT2D eigenvalue weighted by Gasteiger charge is 2.14. The summed E-state index contributed by atoms with van der Waals surface area (Å²) in [6.45, 7) is 0.203. The number of hydrogen-bond donors (Lipinski definition) is 1. The monoisotopic (exact) mass is 346 g/mol. The van der Waals surface area contributed by atoms with Gasteiger partial charge in [-0.2, -0.15) is 0 Å². The van der Waals surface area contributed by atoms with Crippen LogP contribution in [-0.4, -0.2) is 16.0 Å². The predicted octanol–water partition coefficient (Wildman–Crippen LogP) is 4.11. The lowest BCUT2D eigenvalue weighted by molar-refractivity contribution is -0.118. The summed E-state index contributed by atoms with van der Waals surface area (Å²) < 4.78 is 14.4. The van der Waals surface area contributed by atoms with E-state index in [1.165, 1.54) is 23.4 Å². The third-order valence-corrected chi connectivity index (χ3v) is 5.56. The van der Waals surface area contributed by atoms with E-state index in [1.54, 1.807) is 30.0 Å². The second-order valence-electron chi connectivity index (χ2n) is 4.95. The minimum Gasteiger partial charge on any atom is -0.351 e. The number of thioether (sulfide) groups is 2. The lowest BCUT2D eigenvalue weighted by Gasteiger charge is -2.14. The number of carbonyl (C=O) groups is 1. The van der Waals surface area contributed by atoms with E-state index in [9.17, 15) is 9.18 Å². The molecule has 1 N–H and O–H groups in total. The Morgan fingerprint density at radius 1 is 1.22 bits per heavy atom. The predicted molar refractivity (Wildman–Crippen MR) is 95.5 cm³/mol. The number of para-hydroxylation sites is 1. The maximum Gasteiger partial charge on any atom is 0.230 e. The quantitative estimate of drug-likeness (QED) is 0.906. The van der Waals surface area contributed by atoms with Gasteiger partial charge in [-0.05, 0) is 17.7 Å². The molecule has 0 fully saturated rings. The van der Waals surface area contributed by atoms with Crippen molar-refractivity contribution >= 4 is 39.5 Å². The minimum absolute atomic E-state index is 0.125. The Labute approximate surface area is 142 Å². The number of carbonyl (C=O) groups excluding carboxylic acids is 1. The number of halogens is 1. The van der Waals surface area contributed by atoms with E-state index in [1.807, 2.05) is 18.2 Å². The summed E-state index contributed by atoms with van der Waals surface area (Å²) in [6.07, 6.45) is 0. The first kappa shape index (κ1) is 16.1. The normalized spacial score (nSPS) is 13.2. The molecule has 0 aromatic heterocycles. The second kappa shape index (κ2) is 7.66. The van der Waals surface area contributed by atoms with Crippen molar-refractivity contribution in [3.63, 3.8) is 0 Å². The summed E-state index contributed by atoms with van der Waals surface area (Å²) in [4.78, 5) is 16.4. The topological polar surface area (TPSA) is 41.5 Å². The van der Waals surface area contributed by atoms with Crippen molar-refractivity contribution in [2.24, 2.45) is 4.99 Å². The third kappa shape index (κ3) is 4.36.